The zero-order valence-electron chi connectivity index (χ0n) is 41.1. The third-order valence-electron chi connectivity index (χ3n) is 11.5. The zero-order valence-corrected chi connectivity index (χ0v) is 45.5. The van der Waals surface area contributed by atoms with Crippen LogP contribution in [-0.2, 0) is 51.3 Å². The summed E-state index contributed by atoms with van der Waals surface area (Å²) >= 11 is 0. The summed E-state index contributed by atoms with van der Waals surface area (Å²) < 4.78 is 23.1. The van der Waals surface area contributed by atoms with Crippen LogP contribution in [0.1, 0.15) is 219 Å². The second kappa shape index (κ2) is 44.3. The average Bonchev–Trinajstić information content (AvgIpc) is 3.26. The number of hydrogen-bond acceptors (Lipinski definition) is 10. The van der Waals surface area contributed by atoms with Gasteiger partial charge < -0.3 is 38.7 Å². The Labute approximate surface area is 434 Å². The SMILES string of the molecule is CCCC(CCCCCCCCC(CCCCC(=O)[O-])OCc1ccccc1)OC(C)=O.CCCC(CCCCCCCCC(CCCCC(=O)[O-])OCc1ccccc1)OC(C)=O.[Ba+2]. The predicted octanol–water partition coefficient (Wildman–Crippen LogP) is 11.1. The summed E-state index contributed by atoms with van der Waals surface area (Å²) in [5.74, 6) is -2.29. The predicted molar refractivity (Wildman–Crippen MR) is 258 cm³/mol. The van der Waals surface area contributed by atoms with Crippen LogP contribution >= 0.6 is 0 Å². The largest absolute Gasteiger partial charge is 2.00 e. The van der Waals surface area contributed by atoms with Crippen molar-refractivity contribution in [3.05, 3.63) is 71.8 Å². The summed E-state index contributed by atoms with van der Waals surface area (Å²) in [6.45, 7) is 8.43. The van der Waals surface area contributed by atoms with Gasteiger partial charge in [-0.15, -0.1) is 0 Å². The first-order valence-electron chi connectivity index (χ1n) is 25.1. The van der Waals surface area contributed by atoms with Gasteiger partial charge in [0.15, 0.2) is 0 Å². The van der Waals surface area contributed by atoms with Crippen molar-refractivity contribution in [2.45, 2.75) is 245 Å². The molecule has 0 aliphatic heterocycles. The van der Waals surface area contributed by atoms with Crippen LogP contribution in [0.4, 0.5) is 0 Å². The molecule has 0 bridgehead atoms. The fourth-order valence-electron chi connectivity index (χ4n) is 8.02. The number of hydrogen-bond donors (Lipinski definition) is 0. The number of rotatable bonds is 40. The van der Waals surface area contributed by atoms with Gasteiger partial charge in [-0.2, -0.15) is 0 Å². The minimum Gasteiger partial charge on any atom is -0.550 e. The van der Waals surface area contributed by atoms with Crippen LogP contribution in [0.5, 0.6) is 0 Å². The number of carbonyl (C=O) groups is 4. The van der Waals surface area contributed by atoms with Gasteiger partial charge in [-0.25, -0.2) is 0 Å². The first-order chi connectivity index (χ1) is 31.0. The molecule has 10 nitrogen and oxygen atoms in total. The van der Waals surface area contributed by atoms with E-state index in [0.717, 1.165) is 103 Å². The smallest absolute Gasteiger partial charge is 0.550 e. The Balaban J connectivity index is 0.00000124. The molecule has 0 saturated carbocycles. The molecule has 2 rings (SSSR count). The minimum atomic E-state index is -0.972. The average molecular weight is 1030 g/mol. The van der Waals surface area contributed by atoms with E-state index in [1.807, 2.05) is 36.4 Å². The van der Waals surface area contributed by atoms with Crippen LogP contribution in [0.15, 0.2) is 60.7 Å². The standard InChI is InChI=1S/2C27H44O5.Ba/c2*1-3-15-26(32-23(2)28)20-12-7-5-4-6-11-18-25(19-13-14-21-27(29)30)31-22-24-16-9-8-10-17-24;/h2*8-10,16-17,25-26H,3-7,11-15,18-22H2,1-2H3,(H,29,30);/q;;+2/p-2. The quantitative estimate of drug-likeness (QED) is 0.0358. The maximum atomic E-state index is 11.2. The fourth-order valence-corrected chi connectivity index (χ4v) is 8.02. The van der Waals surface area contributed by atoms with Gasteiger partial charge in [0, 0.05) is 25.8 Å². The van der Waals surface area contributed by atoms with Gasteiger partial charge >= 0.3 is 60.8 Å². The van der Waals surface area contributed by atoms with Crippen molar-refractivity contribution in [1.29, 1.82) is 0 Å². The van der Waals surface area contributed by atoms with Crippen molar-refractivity contribution < 1.29 is 48.3 Å². The van der Waals surface area contributed by atoms with Gasteiger partial charge in [0.25, 0.3) is 0 Å². The Kier molecular flexibility index (Phi) is 42.8. The third-order valence-corrected chi connectivity index (χ3v) is 11.5. The summed E-state index contributed by atoms with van der Waals surface area (Å²) in [4.78, 5) is 43.6. The molecular formula is C54H86BaO10. The molecule has 0 aromatic heterocycles. The molecule has 0 aliphatic rings. The van der Waals surface area contributed by atoms with Crippen LogP contribution in [0.3, 0.4) is 0 Å². The number of carboxylic acids is 2. The molecule has 364 valence electrons. The Morgan fingerprint density at radius 1 is 0.415 bits per heavy atom. The summed E-state index contributed by atoms with van der Waals surface area (Å²) in [5.41, 5.74) is 2.34. The van der Waals surface area contributed by atoms with Gasteiger partial charge in [-0.3, -0.25) is 9.59 Å². The molecule has 2 aromatic rings. The number of esters is 2. The van der Waals surface area contributed by atoms with Crippen LogP contribution in [0.25, 0.3) is 0 Å². The zero-order chi connectivity index (χ0) is 46.9. The number of ether oxygens (including phenoxy) is 4. The van der Waals surface area contributed by atoms with Gasteiger partial charge in [-0.05, 0) is 101 Å². The summed E-state index contributed by atoms with van der Waals surface area (Å²) in [6, 6.07) is 20.4. The van der Waals surface area contributed by atoms with Crippen molar-refractivity contribution >= 4 is 72.8 Å². The minimum absolute atomic E-state index is 0. The Morgan fingerprint density at radius 2 is 0.692 bits per heavy atom. The second-order valence-corrected chi connectivity index (χ2v) is 17.5. The Bertz CT molecular complexity index is 1320. The van der Waals surface area contributed by atoms with Gasteiger partial charge in [0.05, 0.1) is 25.4 Å². The first-order valence-corrected chi connectivity index (χ1v) is 25.1. The maximum Gasteiger partial charge on any atom is 2.00 e. The summed E-state index contributed by atoms with van der Waals surface area (Å²) in [6.07, 6.45) is 27.6. The molecule has 2 aromatic carbocycles. The molecule has 65 heavy (non-hydrogen) atoms. The molecule has 0 radical (unpaired) electrons. The number of benzene rings is 2. The number of aliphatic carboxylic acids is 2. The van der Waals surface area contributed by atoms with Crippen LogP contribution in [0, 0.1) is 0 Å². The van der Waals surface area contributed by atoms with Crippen molar-refractivity contribution in [2.24, 2.45) is 0 Å². The van der Waals surface area contributed by atoms with Crippen molar-refractivity contribution in [1.82, 2.24) is 0 Å². The Hall–Kier alpha value is -2.19. The molecular weight excluding hydrogens is 946 g/mol. The molecule has 0 fully saturated rings. The molecule has 0 spiro atoms. The molecule has 4 atom stereocenters. The van der Waals surface area contributed by atoms with Crippen LogP contribution in [0.2, 0.25) is 0 Å². The van der Waals surface area contributed by atoms with E-state index in [0.29, 0.717) is 26.1 Å². The van der Waals surface area contributed by atoms with E-state index < -0.39 is 11.9 Å². The van der Waals surface area contributed by atoms with E-state index >= 15 is 0 Å². The van der Waals surface area contributed by atoms with E-state index in [2.05, 4.69) is 38.1 Å². The molecule has 0 N–H and O–H groups in total. The molecule has 0 aliphatic carbocycles. The normalized spacial score (nSPS) is 12.7. The van der Waals surface area contributed by atoms with Crippen molar-refractivity contribution in [3.8, 4) is 0 Å². The van der Waals surface area contributed by atoms with E-state index in [1.54, 1.807) is 0 Å². The molecule has 11 heteroatoms. The Morgan fingerprint density at radius 3 is 0.969 bits per heavy atom. The van der Waals surface area contributed by atoms with Crippen LogP contribution < -0.4 is 10.2 Å². The van der Waals surface area contributed by atoms with E-state index in [9.17, 15) is 29.4 Å². The summed E-state index contributed by atoms with van der Waals surface area (Å²) in [5, 5.41) is 21.3. The van der Waals surface area contributed by atoms with E-state index in [4.69, 9.17) is 18.9 Å². The molecule has 0 heterocycles. The third kappa shape index (κ3) is 40.6. The van der Waals surface area contributed by atoms with Gasteiger partial charge in [-0.1, -0.05) is 164 Å². The van der Waals surface area contributed by atoms with Crippen molar-refractivity contribution in [3.63, 3.8) is 0 Å². The molecule has 0 saturated heterocycles. The van der Waals surface area contributed by atoms with Crippen molar-refractivity contribution in [2.75, 3.05) is 0 Å². The molecule has 4 unspecified atom stereocenters. The number of carboxylic acid groups (broad SMARTS) is 2. The fraction of sp³-hybridized carbons (Fsp3) is 0.704. The monoisotopic (exact) mass is 1030 g/mol. The van der Waals surface area contributed by atoms with Gasteiger partial charge in [0.1, 0.15) is 12.2 Å². The number of carbonyl (C=O) groups excluding carboxylic acids is 4. The van der Waals surface area contributed by atoms with E-state index in [-0.39, 0.29) is 98.1 Å². The van der Waals surface area contributed by atoms with Gasteiger partial charge in [0.2, 0.25) is 0 Å². The first kappa shape index (κ1) is 62.8. The van der Waals surface area contributed by atoms with Crippen LogP contribution in [-0.4, -0.2) is 97.2 Å². The molecule has 0 amide bonds. The second-order valence-electron chi connectivity index (χ2n) is 17.5. The summed E-state index contributed by atoms with van der Waals surface area (Å²) in [7, 11) is 0. The topological polar surface area (TPSA) is 151 Å². The van der Waals surface area contributed by atoms with E-state index in [1.165, 1.54) is 76.3 Å². The maximum absolute atomic E-state index is 11.2. The number of unbranched alkanes of at least 4 members (excludes halogenated alkanes) is 12.